The lowest BCUT2D eigenvalue weighted by Crippen LogP contribution is -2.03. The number of carbonyl (C=O) groups is 2. The normalized spacial score (nSPS) is 11.4. The van der Waals surface area contributed by atoms with Crippen LogP contribution in [0, 0.1) is 0 Å². The molecule has 0 fully saturated rings. The average Bonchev–Trinajstić information content (AvgIpc) is 2.64. The van der Waals surface area contributed by atoms with Gasteiger partial charge in [0.05, 0.1) is 12.7 Å². The molecule has 5 nitrogen and oxygen atoms in total. The van der Waals surface area contributed by atoms with Crippen molar-refractivity contribution in [2.75, 3.05) is 7.11 Å². The number of ether oxygens (including phenoxy) is 2. The summed E-state index contributed by atoms with van der Waals surface area (Å²) in [4.78, 5) is 23.2. The first-order valence-electron chi connectivity index (χ1n) is 7.98. The molecule has 0 aliphatic carbocycles. The molecule has 2 rings (SSSR count). The first kappa shape index (κ1) is 19.0. The Balaban J connectivity index is 2.23. The highest BCUT2D eigenvalue weighted by atomic mass is 16.5. The molecular weight excluding hydrogens is 332 g/mol. The first-order valence-corrected chi connectivity index (χ1v) is 7.98. The summed E-state index contributed by atoms with van der Waals surface area (Å²) >= 11 is 0. The van der Waals surface area contributed by atoms with E-state index in [4.69, 9.17) is 14.6 Å². The van der Waals surface area contributed by atoms with Crippen LogP contribution < -0.4 is 9.47 Å². The van der Waals surface area contributed by atoms with Gasteiger partial charge in [0.1, 0.15) is 18.1 Å². The van der Waals surface area contributed by atoms with E-state index in [0.717, 1.165) is 11.6 Å². The topological polar surface area (TPSA) is 72.8 Å². The number of allylic oxidation sites excluding steroid dienone is 3. The summed E-state index contributed by atoms with van der Waals surface area (Å²) in [5.41, 5.74) is 1.79. The monoisotopic (exact) mass is 352 g/mol. The minimum Gasteiger partial charge on any atom is -0.497 e. The van der Waals surface area contributed by atoms with Gasteiger partial charge in [-0.3, -0.25) is 4.79 Å². The molecule has 0 saturated carbocycles. The molecule has 0 bridgehead atoms. The van der Waals surface area contributed by atoms with E-state index in [9.17, 15) is 9.59 Å². The number of carbonyl (C=O) groups excluding carboxylic acids is 1. The molecule has 0 saturated heterocycles. The van der Waals surface area contributed by atoms with Crippen molar-refractivity contribution in [2.24, 2.45) is 0 Å². The molecule has 0 aliphatic rings. The fourth-order valence-electron chi connectivity index (χ4n) is 2.23. The molecule has 0 atom stereocenters. The number of hydrogen-bond acceptors (Lipinski definition) is 4. The Labute approximate surface area is 152 Å². The zero-order valence-corrected chi connectivity index (χ0v) is 14.6. The second-order valence-electron chi connectivity index (χ2n) is 5.56. The Morgan fingerprint density at radius 1 is 1.08 bits per heavy atom. The molecule has 0 amide bonds. The second-order valence-corrected chi connectivity index (χ2v) is 5.56. The summed E-state index contributed by atoms with van der Waals surface area (Å²) in [5, 5.41) is 8.73. The van der Waals surface area contributed by atoms with E-state index in [1.54, 1.807) is 25.1 Å². The number of hydrogen-bond donors (Lipinski definition) is 1. The van der Waals surface area contributed by atoms with Gasteiger partial charge in [-0.25, -0.2) is 4.79 Å². The fourth-order valence-corrected chi connectivity index (χ4v) is 2.23. The molecule has 134 valence electrons. The van der Waals surface area contributed by atoms with E-state index >= 15 is 0 Å². The van der Waals surface area contributed by atoms with Crippen LogP contribution in [0.2, 0.25) is 0 Å². The van der Waals surface area contributed by atoms with Gasteiger partial charge in [0.25, 0.3) is 0 Å². The smallest absolute Gasteiger partial charge is 0.328 e. The Bertz CT molecular complexity index is 835. The van der Waals surface area contributed by atoms with Crippen molar-refractivity contribution in [1.82, 2.24) is 0 Å². The van der Waals surface area contributed by atoms with Crippen molar-refractivity contribution in [2.45, 2.75) is 13.5 Å². The lowest BCUT2D eigenvalue weighted by Gasteiger charge is -2.11. The minimum atomic E-state index is -1.06. The lowest BCUT2D eigenvalue weighted by atomic mass is 10.1. The molecule has 0 aromatic heterocycles. The van der Waals surface area contributed by atoms with Crippen LogP contribution in [-0.4, -0.2) is 24.0 Å². The van der Waals surface area contributed by atoms with Crippen molar-refractivity contribution in [1.29, 1.82) is 0 Å². The molecule has 1 N–H and O–H groups in total. The molecule has 5 heteroatoms. The van der Waals surface area contributed by atoms with Crippen molar-refractivity contribution >= 4 is 11.8 Å². The number of carboxylic acid groups (broad SMARTS) is 1. The SMILES string of the molecule is COc1ccc(OCc2ccccc2)c(C(=O)C=CC(C)=CC(=O)O)c1. The van der Waals surface area contributed by atoms with Crippen LogP contribution in [0.4, 0.5) is 0 Å². The van der Waals surface area contributed by atoms with Gasteiger partial charge in [0.2, 0.25) is 0 Å². The zero-order valence-electron chi connectivity index (χ0n) is 14.6. The van der Waals surface area contributed by atoms with E-state index in [2.05, 4.69) is 0 Å². The van der Waals surface area contributed by atoms with Crippen LogP contribution in [0.15, 0.2) is 72.3 Å². The maximum Gasteiger partial charge on any atom is 0.328 e. The molecule has 0 aliphatic heterocycles. The number of aliphatic carboxylic acids is 1. The molecule has 0 unspecified atom stereocenters. The number of benzene rings is 2. The average molecular weight is 352 g/mol. The molecule has 0 heterocycles. The number of methoxy groups -OCH3 is 1. The van der Waals surface area contributed by atoms with E-state index < -0.39 is 5.97 Å². The second kappa shape index (κ2) is 9.22. The largest absolute Gasteiger partial charge is 0.497 e. The van der Waals surface area contributed by atoms with Gasteiger partial charge >= 0.3 is 5.97 Å². The van der Waals surface area contributed by atoms with E-state index in [-0.39, 0.29) is 5.78 Å². The van der Waals surface area contributed by atoms with Crippen molar-refractivity contribution in [3.63, 3.8) is 0 Å². The van der Waals surface area contributed by atoms with Gasteiger partial charge in [0.15, 0.2) is 5.78 Å². The van der Waals surface area contributed by atoms with E-state index in [1.165, 1.54) is 19.3 Å². The van der Waals surface area contributed by atoms with Crippen molar-refractivity contribution in [3.05, 3.63) is 83.5 Å². The van der Waals surface area contributed by atoms with Gasteiger partial charge < -0.3 is 14.6 Å². The third-order valence-corrected chi connectivity index (χ3v) is 3.54. The van der Waals surface area contributed by atoms with Crippen LogP contribution in [0.5, 0.6) is 11.5 Å². The summed E-state index contributed by atoms with van der Waals surface area (Å²) in [6.07, 6.45) is 3.80. The summed E-state index contributed by atoms with van der Waals surface area (Å²) in [6, 6.07) is 14.6. The van der Waals surface area contributed by atoms with E-state index in [0.29, 0.717) is 29.2 Å². The standard InChI is InChI=1S/C21H20O5/c1-15(12-21(23)24)8-10-19(22)18-13-17(25-2)9-11-20(18)26-14-16-6-4-3-5-7-16/h3-13H,14H2,1-2H3,(H,23,24). The Morgan fingerprint density at radius 3 is 2.46 bits per heavy atom. The molecule has 2 aromatic rings. The van der Waals surface area contributed by atoms with Crippen LogP contribution >= 0.6 is 0 Å². The van der Waals surface area contributed by atoms with Crippen LogP contribution in [0.3, 0.4) is 0 Å². The highest BCUT2D eigenvalue weighted by molar-refractivity contribution is 6.07. The Morgan fingerprint density at radius 2 is 1.81 bits per heavy atom. The Hall–Kier alpha value is -3.34. The number of rotatable bonds is 8. The minimum absolute atomic E-state index is 0.301. The lowest BCUT2D eigenvalue weighted by molar-refractivity contribution is -0.131. The molecular formula is C21H20O5. The molecule has 2 aromatic carbocycles. The highest BCUT2D eigenvalue weighted by Gasteiger charge is 2.12. The summed E-state index contributed by atoms with van der Waals surface area (Å²) in [6.45, 7) is 1.94. The summed E-state index contributed by atoms with van der Waals surface area (Å²) in [5.74, 6) is -0.395. The molecule has 0 spiro atoms. The quantitative estimate of drug-likeness (QED) is 0.441. The van der Waals surface area contributed by atoms with Gasteiger partial charge in [0, 0.05) is 6.08 Å². The van der Waals surface area contributed by atoms with E-state index in [1.807, 2.05) is 30.3 Å². The predicted octanol–water partition coefficient (Wildman–Crippen LogP) is 4.04. The maximum atomic E-state index is 12.5. The van der Waals surface area contributed by atoms with Gasteiger partial charge in [-0.2, -0.15) is 0 Å². The third-order valence-electron chi connectivity index (χ3n) is 3.54. The number of ketones is 1. The van der Waals surface area contributed by atoms with Crippen molar-refractivity contribution in [3.8, 4) is 11.5 Å². The van der Waals surface area contributed by atoms with Crippen LogP contribution in [-0.2, 0) is 11.4 Å². The summed E-state index contributed by atoms with van der Waals surface area (Å²) in [7, 11) is 1.52. The molecule has 0 radical (unpaired) electrons. The molecule has 26 heavy (non-hydrogen) atoms. The Kier molecular flexibility index (Phi) is 6.74. The van der Waals surface area contributed by atoms with Crippen LogP contribution in [0.1, 0.15) is 22.8 Å². The fraction of sp³-hybridized carbons (Fsp3) is 0.143. The first-order chi connectivity index (χ1) is 12.5. The predicted molar refractivity (Wildman–Crippen MR) is 98.6 cm³/mol. The van der Waals surface area contributed by atoms with Gasteiger partial charge in [-0.05, 0) is 42.3 Å². The number of carboxylic acids is 1. The summed E-state index contributed by atoms with van der Waals surface area (Å²) < 4.78 is 11.0. The third kappa shape index (κ3) is 5.63. The maximum absolute atomic E-state index is 12.5. The van der Waals surface area contributed by atoms with Crippen molar-refractivity contribution < 1.29 is 24.2 Å². The van der Waals surface area contributed by atoms with Crippen LogP contribution in [0.25, 0.3) is 0 Å². The zero-order chi connectivity index (χ0) is 18.9. The van der Waals surface area contributed by atoms with Gasteiger partial charge in [-0.1, -0.05) is 36.4 Å². The van der Waals surface area contributed by atoms with Gasteiger partial charge in [-0.15, -0.1) is 0 Å². The highest BCUT2D eigenvalue weighted by Crippen LogP contribution is 2.26.